The molecule has 3 rings (SSSR count). The van der Waals surface area contributed by atoms with Gasteiger partial charge in [-0.3, -0.25) is 5.01 Å². The molecule has 1 atom stereocenters. The molecule has 1 heterocycles. The third kappa shape index (κ3) is 5.71. The summed E-state index contributed by atoms with van der Waals surface area (Å²) < 4.78 is 119. The van der Waals surface area contributed by atoms with Gasteiger partial charge in [-0.15, -0.1) is 5.10 Å². The summed E-state index contributed by atoms with van der Waals surface area (Å²) in [5.74, 6) is 4.36. The smallest absolute Gasteiger partial charge is 0.397 e. The van der Waals surface area contributed by atoms with E-state index in [0.29, 0.717) is 28.2 Å². The molecule has 5 N–H and O–H groups in total. The molecule has 2 aromatic carbocycles. The molecule has 0 radical (unpaired) electrons. The zero-order chi connectivity index (χ0) is 27.1. The van der Waals surface area contributed by atoms with E-state index in [9.17, 15) is 44.6 Å². The van der Waals surface area contributed by atoms with Gasteiger partial charge in [0.15, 0.2) is 17.7 Å². The largest absolute Gasteiger partial charge is 0.420 e. The molecule has 0 aliphatic rings. The van der Waals surface area contributed by atoms with Gasteiger partial charge in [0.25, 0.3) is 0 Å². The maximum absolute atomic E-state index is 13.2. The molecule has 1 aromatic heterocycles. The Kier molecular flexibility index (Phi) is 6.96. The highest BCUT2D eigenvalue weighted by atomic mass is 19.4. The molecule has 0 saturated carbocycles. The minimum absolute atomic E-state index is 0.0419. The van der Waals surface area contributed by atoms with E-state index in [1.807, 2.05) is 0 Å². The van der Waals surface area contributed by atoms with E-state index in [0.717, 1.165) is 0 Å². The Morgan fingerprint density at radius 1 is 0.889 bits per heavy atom. The minimum Gasteiger partial charge on any atom is -0.397 e. The fraction of sp³-hybridized carbons (Fsp3) is 0.200. The monoisotopic (exact) mass is 526 g/mol. The number of aliphatic hydroxyl groups is 1. The van der Waals surface area contributed by atoms with Gasteiger partial charge in [0.05, 0.1) is 22.5 Å². The lowest BCUT2D eigenvalue weighted by Gasteiger charge is -2.26. The number of rotatable bonds is 5. The highest BCUT2D eigenvalue weighted by Crippen LogP contribution is 2.38. The number of benzene rings is 2. The first kappa shape index (κ1) is 26.8. The Morgan fingerprint density at radius 3 is 1.89 bits per heavy atom. The third-order valence-electron chi connectivity index (χ3n) is 4.68. The van der Waals surface area contributed by atoms with Crippen LogP contribution in [0, 0.1) is 0 Å². The van der Waals surface area contributed by atoms with Gasteiger partial charge in [0.1, 0.15) is 6.33 Å². The lowest BCUT2D eigenvalue weighted by atomic mass is 10.0. The number of para-hydroxylation sites is 1. The fourth-order valence-corrected chi connectivity index (χ4v) is 2.97. The van der Waals surface area contributed by atoms with Crippen molar-refractivity contribution < 1.29 is 44.6 Å². The second kappa shape index (κ2) is 9.34. The van der Waals surface area contributed by atoms with E-state index < -0.39 is 58.7 Å². The predicted molar refractivity (Wildman–Crippen MR) is 108 cm³/mol. The molecular weight excluding hydrogens is 511 g/mol. The predicted octanol–water partition coefficient (Wildman–Crippen LogP) is 4.37. The van der Waals surface area contributed by atoms with Gasteiger partial charge in [-0.2, -0.15) is 39.5 Å². The van der Waals surface area contributed by atoms with Crippen LogP contribution in [0.25, 0.3) is 17.2 Å². The molecule has 7 nitrogen and oxygen atoms in total. The van der Waals surface area contributed by atoms with Gasteiger partial charge in [-0.05, 0) is 30.3 Å². The van der Waals surface area contributed by atoms with Gasteiger partial charge >= 0.3 is 18.5 Å². The van der Waals surface area contributed by atoms with Crippen LogP contribution in [-0.4, -0.2) is 32.2 Å². The first-order chi connectivity index (χ1) is 16.5. The van der Waals surface area contributed by atoms with E-state index in [1.54, 1.807) is 6.07 Å². The van der Waals surface area contributed by atoms with Crippen LogP contribution < -0.4 is 16.6 Å². The van der Waals surface area contributed by atoms with E-state index in [4.69, 9.17) is 11.6 Å². The SMILES string of the molecule is N/C(=C(\N(N)c1ccccc1)n1cnc(-c2cc(C(F)(F)F)cc(C(F)(F)F)c2)n1)C(O)C(F)(F)F. The molecule has 3 aromatic rings. The second-order valence-corrected chi connectivity index (χ2v) is 7.24. The number of aliphatic hydroxyl groups excluding tert-OH is 1. The highest BCUT2D eigenvalue weighted by molar-refractivity contribution is 5.69. The second-order valence-electron chi connectivity index (χ2n) is 7.24. The first-order valence-electron chi connectivity index (χ1n) is 9.56. The van der Waals surface area contributed by atoms with Crippen LogP contribution >= 0.6 is 0 Å². The number of nitrogens with zero attached hydrogens (tertiary/aromatic N) is 4. The number of hydrogen-bond donors (Lipinski definition) is 3. The Balaban J connectivity index is 2.19. The molecule has 194 valence electrons. The molecule has 0 aliphatic carbocycles. The Morgan fingerprint density at radius 2 is 1.42 bits per heavy atom. The molecule has 0 amide bonds. The Bertz CT molecular complexity index is 1220. The maximum atomic E-state index is 13.2. The van der Waals surface area contributed by atoms with Crippen molar-refractivity contribution in [1.29, 1.82) is 0 Å². The normalized spacial score (nSPS) is 14.4. The van der Waals surface area contributed by atoms with Crippen molar-refractivity contribution in [3.8, 4) is 11.4 Å². The summed E-state index contributed by atoms with van der Waals surface area (Å²) in [6, 6.07) is 7.71. The quantitative estimate of drug-likeness (QED) is 0.259. The van der Waals surface area contributed by atoms with E-state index in [-0.39, 0.29) is 11.8 Å². The lowest BCUT2D eigenvalue weighted by Crippen LogP contribution is -2.41. The van der Waals surface area contributed by atoms with Gasteiger partial charge in [-0.25, -0.2) is 15.5 Å². The molecule has 0 spiro atoms. The standard InChI is InChI=1S/C20H15F9N6O/c21-18(22,23)11-6-10(7-12(8-11)19(24,25)26)16-32-9-34(33-16)17(14(30)15(36)20(27,28)29)35(31)13-4-2-1-3-5-13/h1-9,15,36H,30-31H2/b17-14-. The van der Waals surface area contributed by atoms with Crippen molar-refractivity contribution in [1.82, 2.24) is 14.8 Å². The fourth-order valence-electron chi connectivity index (χ4n) is 2.97. The van der Waals surface area contributed by atoms with Gasteiger partial charge in [-0.1, -0.05) is 18.2 Å². The lowest BCUT2D eigenvalue weighted by molar-refractivity contribution is -0.191. The summed E-state index contributed by atoms with van der Waals surface area (Å²) in [6.07, 6.45) is -18.2. The summed E-state index contributed by atoms with van der Waals surface area (Å²) in [5, 5.41) is 13.9. The van der Waals surface area contributed by atoms with Crippen LogP contribution in [0.15, 0.2) is 60.6 Å². The number of aromatic nitrogens is 3. The molecular formula is C20H15F9N6O. The van der Waals surface area contributed by atoms with Gasteiger partial charge < -0.3 is 10.8 Å². The molecule has 36 heavy (non-hydrogen) atoms. The Hall–Kier alpha value is -3.79. The highest BCUT2D eigenvalue weighted by Gasteiger charge is 2.42. The minimum atomic E-state index is -5.25. The van der Waals surface area contributed by atoms with Crippen LogP contribution in [0.3, 0.4) is 0 Å². The molecule has 1 unspecified atom stereocenters. The molecule has 0 fully saturated rings. The Labute approximate surface area is 196 Å². The number of anilines is 1. The number of halogens is 9. The van der Waals surface area contributed by atoms with Gasteiger partial charge in [0, 0.05) is 5.56 Å². The topological polar surface area (TPSA) is 106 Å². The number of alkyl halides is 9. The van der Waals surface area contributed by atoms with Crippen molar-refractivity contribution in [3.05, 3.63) is 71.7 Å². The summed E-state index contributed by atoms with van der Waals surface area (Å²) in [6.45, 7) is 0. The van der Waals surface area contributed by atoms with Crippen molar-refractivity contribution in [2.24, 2.45) is 11.6 Å². The van der Waals surface area contributed by atoms with E-state index in [1.165, 1.54) is 24.3 Å². The van der Waals surface area contributed by atoms with Crippen molar-refractivity contribution in [2.75, 3.05) is 5.01 Å². The van der Waals surface area contributed by atoms with Crippen LogP contribution in [-0.2, 0) is 12.4 Å². The molecule has 0 bridgehead atoms. The summed E-state index contributed by atoms with van der Waals surface area (Å²) in [4.78, 5) is 3.62. The van der Waals surface area contributed by atoms with E-state index in [2.05, 4.69) is 10.1 Å². The van der Waals surface area contributed by atoms with Crippen LogP contribution in [0.1, 0.15) is 11.1 Å². The van der Waals surface area contributed by atoms with Crippen molar-refractivity contribution in [2.45, 2.75) is 24.6 Å². The van der Waals surface area contributed by atoms with Crippen molar-refractivity contribution >= 4 is 11.5 Å². The molecule has 0 aliphatic heterocycles. The summed E-state index contributed by atoms with van der Waals surface area (Å²) >= 11 is 0. The zero-order valence-electron chi connectivity index (χ0n) is 17.6. The van der Waals surface area contributed by atoms with Crippen LogP contribution in [0.5, 0.6) is 0 Å². The van der Waals surface area contributed by atoms with E-state index >= 15 is 0 Å². The van der Waals surface area contributed by atoms with Gasteiger partial charge in [0.2, 0.25) is 0 Å². The number of hydrazine groups is 1. The first-order valence-corrected chi connectivity index (χ1v) is 9.56. The molecule has 0 saturated heterocycles. The summed E-state index contributed by atoms with van der Waals surface area (Å²) in [7, 11) is 0. The van der Waals surface area contributed by atoms with Crippen LogP contribution in [0.2, 0.25) is 0 Å². The van der Waals surface area contributed by atoms with Crippen molar-refractivity contribution in [3.63, 3.8) is 0 Å². The number of nitrogens with two attached hydrogens (primary N) is 2. The average molecular weight is 526 g/mol. The maximum Gasteiger partial charge on any atom is 0.420 e. The molecule has 16 heteroatoms. The summed E-state index contributed by atoms with van der Waals surface area (Å²) in [5.41, 5.74) is 0.244. The number of hydrogen-bond acceptors (Lipinski definition) is 6. The van der Waals surface area contributed by atoms with Crippen LogP contribution in [0.4, 0.5) is 45.2 Å². The average Bonchev–Trinajstić information content (AvgIpc) is 3.26. The zero-order valence-corrected chi connectivity index (χ0v) is 17.6. The third-order valence-corrected chi connectivity index (χ3v) is 4.68.